The third-order valence-corrected chi connectivity index (χ3v) is 12.6. The van der Waals surface area contributed by atoms with Crippen molar-refractivity contribution in [2.75, 3.05) is 0 Å². The van der Waals surface area contributed by atoms with E-state index in [9.17, 15) is 0 Å². The Kier molecular flexibility index (Phi) is 7.24. The van der Waals surface area contributed by atoms with Gasteiger partial charge in [0.15, 0.2) is 5.58 Å². The van der Waals surface area contributed by atoms with Crippen LogP contribution in [0.5, 0.6) is 0 Å². The van der Waals surface area contributed by atoms with Gasteiger partial charge in [-0.15, -0.1) is 11.3 Å². The lowest BCUT2D eigenvalue weighted by molar-refractivity contribution is 0.409. The van der Waals surface area contributed by atoms with Crippen LogP contribution in [-0.2, 0) is 0 Å². The van der Waals surface area contributed by atoms with E-state index in [4.69, 9.17) is 9.41 Å². The molecular weight excluding hydrogens is 717 g/mol. The number of hydrogen-bond acceptors (Lipinski definition) is 5. The van der Waals surface area contributed by atoms with Gasteiger partial charge in [-0.1, -0.05) is 133 Å². The number of thiophene rings is 1. The summed E-state index contributed by atoms with van der Waals surface area (Å²) in [5, 5.41) is 14.6. The second-order valence-electron chi connectivity index (χ2n) is 14.8. The number of para-hydroxylation sites is 2. The van der Waals surface area contributed by atoms with Crippen molar-refractivity contribution < 1.29 is 4.42 Å². The zero-order chi connectivity index (χ0) is 37.5. The lowest BCUT2D eigenvalue weighted by atomic mass is 10.0. The number of hydrogen-bond donors (Lipinski definition) is 2. The van der Waals surface area contributed by atoms with E-state index in [1.807, 2.05) is 17.4 Å². The van der Waals surface area contributed by atoms with Gasteiger partial charge < -0.3 is 14.3 Å². The van der Waals surface area contributed by atoms with Crippen molar-refractivity contribution in [1.29, 1.82) is 0 Å². The number of nitrogens with zero attached hydrogens (tertiary/aromatic N) is 2. The van der Waals surface area contributed by atoms with Gasteiger partial charge >= 0.3 is 0 Å². The normalized spacial score (nSPS) is 15.9. The first-order valence-corrected chi connectivity index (χ1v) is 20.2. The molecule has 0 saturated heterocycles. The van der Waals surface area contributed by atoms with Gasteiger partial charge in [0, 0.05) is 47.3 Å². The van der Waals surface area contributed by atoms with Crippen molar-refractivity contribution in [1.82, 2.24) is 15.2 Å². The predicted octanol–water partition coefficient (Wildman–Crippen LogP) is 13.1. The number of nitrogens with one attached hydrogen (secondary N) is 2. The molecule has 1 aliphatic heterocycles. The van der Waals surface area contributed by atoms with E-state index >= 15 is 0 Å². The third-order valence-electron chi connectivity index (χ3n) is 11.5. The number of aliphatic imine (C=N–C) groups is 1. The SMILES string of the molecule is c1ccc(C2N=C(c3cccc4oc5c(-n6c7ccccc7c7cc(-c8ccc9sc%10ccccc%10c9c8)ccc76)cccc5c34)NC(c3ccccc3)N2)cc1. The molecule has 0 radical (unpaired) electrons. The molecule has 57 heavy (non-hydrogen) atoms. The minimum Gasteiger partial charge on any atom is -0.454 e. The Bertz CT molecular complexity index is 3380. The Balaban J connectivity index is 1.02. The maximum Gasteiger partial charge on any atom is 0.159 e. The van der Waals surface area contributed by atoms with Crippen molar-refractivity contribution in [2.45, 2.75) is 12.3 Å². The molecule has 2 N–H and O–H groups in total. The Hall–Kier alpha value is -6.99. The molecular formula is C51H34N4OS. The molecule has 8 aromatic carbocycles. The minimum absolute atomic E-state index is 0.137. The van der Waals surface area contributed by atoms with Gasteiger partial charge in [-0.25, -0.2) is 4.99 Å². The van der Waals surface area contributed by atoms with Crippen LogP contribution in [0, 0.1) is 0 Å². The Morgan fingerprint density at radius 3 is 2.05 bits per heavy atom. The van der Waals surface area contributed by atoms with E-state index in [1.165, 1.54) is 42.1 Å². The molecule has 4 heterocycles. The summed E-state index contributed by atoms with van der Waals surface area (Å²) in [6.07, 6.45) is -0.368. The number of rotatable bonds is 5. The molecule has 0 aliphatic carbocycles. The molecule has 0 bridgehead atoms. The summed E-state index contributed by atoms with van der Waals surface area (Å²) < 4.78 is 11.9. The summed E-state index contributed by atoms with van der Waals surface area (Å²) in [4.78, 5) is 5.30. The zero-order valence-corrected chi connectivity index (χ0v) is 31.5. The van der Waals surface area contributed by atoms with Gasteiger partial charge in [0.1, 0.15) is 23.8 Å². The summed E-state index contributed by atoms with van der Waals surface area (Å²) in [5.41, 5.74) is 10.6. The number of benzene rings is 8. The van der Waals surface area contributed by atoms with E-state index in [0.717, 1.165) is 61.2 Å². The summed E-state index contributed by atoms with van der Waals surface area (Å²) in [5.74, 6) is 0.827. The number of fused-ring (bicyclic) bond motifs is 9. The molecule has 2 atom stereocenters. The number of amidine groups is 1. The molecule has 1 aliphatic rings. The van der Waals surface area contributed by atoms with Crippen LogP contribution in [-0.4, -0.2) is 10.4 Å². The highest BCUT2D eigenvalue weighted by Gasteiger charge is 2.28. The highest BCUT2D eigenvalue weighted by Crippen LogP contribution is 2.42. The first-order chi connectivity index (χ1) is 28.2. The van der Waals surface area contributed by atoms with Crippen molar-refractivity contribution in [3.63, 3.8) is 0 Å². The third kappa shape index (κ3) is 5.15. The summed E-state index contributed by atoms with van der Waals surface area (Å²) in [6.45, 7) is 0. The van der Waals surface area contributed by atoms with Crippen LogP contribution in [0.25, 0.3) is 80.7 Å². The largest absolute Gasteiger partial charge is 0.454 e. The van der Waals surface area contributed by atoms with E-state index in [0.29, 0.717) is 0 Å². The van der Waals surface area contributed by atoms with Crippen molar-refractivity contribution in [2.24, 2.45) is 4.99 Å². The molecule has 2 unspecified atom stereocenters. The monoisotopic (exact) mass is 750 g/mol. The maximum atomic E-state index is 6.90. The molecule has 0 spiro atoms. The fourth-order valence-electron chi connectivity index (χ4n) is 8.84. The maximum absolute atomic E-state index is 6.90. The number of aromatic nitrogens is 1. The van der Waals surface area contributed by atoms with Gasteiger partial charge in [-0.3, -0.25) is 5.32 Å². The second kappa shape index (κ2) is 12.8. The summed E-state index contributed by atoms with van der Waals surface area (Å²) in [6, 6.07) is 64.9. The Morgan fingerprint density at radius 2 is 1.19 bits per heavy atom. The van der Waals surface area contributed by atoms with Gasteiger partial charge in [0.2, 0.25) is 0 Å². The fourth-order valence-corrected chi connectivity index (χ4v) is 9.93. The standard InChI is InChI=1S/C51H34N4OS/c1-3-13-31(14-4-1)49-52-50(32-15-5-2-6-16-32)54-51(53-49)38-20-12-23-44-47(38)37-19-11-22-43(48(37)56-44)55-41-21-9-7-17-35(41)39-29-33(25-27-42(39)55)34-26-28-46-40(30-34)36-18-8-10-24-45(36)57-46/h1-30,49-50,52H,(H,53,54). The zero-order valence-electron chi connectivity index (χ0n) is 30.7. The van der Waals surface area contributed by atoms with Crippen molar-refractivity contribution in [3.05, 3.63) is 199 Å². The van der Waals surface area contributed by atoms with Gasteiger partial charge in [-0.05, 0) is 70.8 Å². The topological polar surface area (TPSA) is 54.5 Å². The van der Waals surface area contributed by atoms with Crippen LogP contribution >= 0.6 is 11.3 Å². The minimum atomic E-state index is -0.231. The van der Waals surface area contributed by atoms with E-state index in [2.05, 4.69) is 191 Å². The molecule has 6 heteroatoms. The van der Waals surface area contributed by atoms with Crippen LogP contribution in [0.4, 0.5) is 0 Å². The Labute approximate surface area is 332 Å². The van der Waals surface area contributed by atoms with E-state index in [-0.39, 0.29) is 12.3 Å². The van der Waals surface area contributed by atoms with Gasteiger partial charge in [0.25, 0.3) is 0 Å². The highest BCUT2D eigenvalue weighted by atomic mass is 32.1. The summed E-state index contributed by atoms with van der Waals surface area (Å²) >= 11 is 1.86. The molecule has 0 amide bonds. The first-order valence-electron chi connectivity index (χ1n) is 19.4. The smallest absolute Gasteiger partial charge is 0.159 e. The lowest BCUT2D eigenvalue weighted by Crippen LogP contribution is -2.45. The average molecular weight is 751 g/mol. The molecule has 270 valence electrons. The van der Waals surface area contributed by atoms with Crippen LogP contribution in [0.15, 0.2) is 191 Å². The van der Waals surface area contributed by atoms with Crippen molar-refractivity contribution in [3.8, 4) is 16.8 Å². The van der Waals surface area contributed by atoms with Crippen molar-refractivity contribution >= 4 is 81.1 Å². The lowest BCUT2D eigenvalue weighted by Gasteiger charge is -2.32. The molecule has 0 saturated carbocycles. The van der Waals surface area contributed by atoms with Crippen LogP contribution in [0.2, 0.25) is 0 Å². The van der Waals surface area contributed by atoms with Gasteiger partial charge in [0.05, 0.1) is 16.7 Å². The summed E-state index contributed by atoms with van der Waals surface area (Å²) in [7, 11) is 0. The fraction of sp³-hybridized carbons (Fsp3) is 0.0392. The average Bonchev–Trinajstić information content (AvgIpc) is 3.96. The molecule has 11 aromatic rings. The van der Waals surface area contributed by atoms with Crippen LogP contribution < -0.4 is 10.6 Å². The predicted molar refractivity (Wildman–Crippen MR) is 238 cm³/mol. The Morgan fingerprint density at radius 1 is 0.526 bits per heavy atom. The van der Waals surface area contributed by atoms with E-state index < -0.39 is 0 Å². The highest BCUT2D eigenvalue weighted by molar-refractivity contribution is 7.25. The van der Waals surface area contributed by atoms with Gasteiger partial charge in [-0.2, -0.15) is 0 Å². The molecule has 12 rings (SSSR count). The van der Waals surface area contributed by atoms with E-state index in [1.54, 1.807) is 0 Å². The number of furan rings is 1. The van der Waals surface area contributed by atoms with Crippen LogP contribution in [0.1, 0.15) is 29.0 Å². The molecule has 5 nitrogen and oxygen atoms in total. The second-order valence-corrected chi connectivity index (χ2v) is 15.9. The molecule has 3 aromatic heterocycles. The first kappa shape index (κ1) is 32.3. The van der Waals surface area contributed by atoms with Crippen LogP contribution in [0.3, 0.4) is 0 Å². The molecule has 0 fully saturated rings. The quantitative estimate of drug-likeness (QED) is 0.184.